The Kier molecular flexibility index (Phi) is 5.97. The predicted octanol–water partition coefficient (Wildman–Crippen LogP) is 3.38. The second-order valence-electron chi connectivity index (χ2n) is 4.78. The molecule has 6 heteroatoms. The van der Waals surface area contributed by atoms with E-state index in [1.54, 1.807) is 32.6 Å². The topological polar surface area (TPSA) is 59.9 Å². The molecule has 0 saturated heterocycles. The zero-order valence-corrected chi connectivity index (χ0v) is 15.2. The van der Waals surface area contributed by atoms with Crippen molar-refractivity contribution in [2.75, 3.05) is 14.2 Å². The highest BCUT2D eigenvalue weighted by molar-refractivity contribution is 14.1. The average molecular weight is 424 g/mol. The van der Waals surface area contributed by atoms with E-state index in [9.17, 15) is 4.79 Å². The molecule has 0 aliphatic rings. The molecule has 0 aromatic heterocycles. The van der Waals surface area contributed by atoms with E-state index in [-0.39, 0.29) is 5.91 Å². The maximum Gasteiger partial charge on any atom is 0.271 e. The third kappa shape index (κ3) is 4.44. The number of halogens is 1. The van der Waals surface area contributed by atoms with E-state index in [4.69, 9.17) is 9.47 Å². The molecule has 2 aromatic rings. The number of nitrogens with zero attached hydrogens (tertiary/aromatic N) is 1. The largest absolute Gasteiger partial charge is 0.496 e. The van der Waals surface area contributed by atoms with Crippen molar-refractivity contribution in [1.29, 1.82) is 0 Å². The van der Waals surface area contributed by atoms with Gasteiger partial charge in [0.2, 0.25) is 0 Å². The summed E-state index contributed by atoms with van der Waals surface area (Å²) in [6.45, 7) is 1.95. The highest BCUT2D eigenvalue weighted by atomic mass is 127. The van der Waals surface area contributed by atoms with Gasteiger partial charge in [-0.2, -0.15) is 5.10 Å². The van der Waals surface area contributed by atoms with Gasteiger partial charge >= 0.3 is 0 Å². The number of hydrazone groups is 1. The Labute approximate surface area is 148 Å². The quantitative estimate of drug-likeness (QED) is 0.455. The van der Waals surface area contributed by atoms with Gasteiger partial charge in [-0.05, 0) is 77.0 Å². The molecule has 2 rings (SSSR count). The van der Waals surface area contributed by atoms with Crippen LogP contribution in [0.1, 0.15) is 21.5 Å². The summed E-state index contributed by atoms with van der Waals surface area (Å²) in [6, 6.07) is 10.9. The number of hydrogen-bond acceptors (Lipinski definition) is 4. The summed E-state index contributed by atoms with van der Waals surface area (Å²) in [5, 5.41) is 3.98. The minimum absolute atomic E-state index is 0.291. The Morgan fingerprint density at radius 2 is 1.87 bits per heavy atom. The molecule has 1 amide bonds. The summed E-state index contributed by atoms with van der Waals surface area (Å²) < 4.78 is 11.4. The van der Waals surface area contributed by atoms with Crippen LogP contribution in [0.2, 0.25) is 0 Å². The van der Waals surface area contributed by atoms with Gasteiger partial charge in [-0.25, -0.2) is 5.43 Å². The first-order valence-corrected chi connectivity index (χ1v) is 7.94. The Morgan fingerprint density at radius 3 is 2.52 bits per heavy atom. The van der Waals surface area contributed by atoms with Gasteiger partial charge < -0.3 is 9.47 Å². The number of benzene rings is 2. The van der Waals surface area contributed by atoms with Gasteiger partial charge in [-0.15, -0.1) is 0 Å². The molecular formula is C17H17IN2O3. The number of carbonyl (C=O) groups is 1. The van der Waals surface area contributed by atoms with Crippen LogP contribution in [-0.2, 0) is 0 Å². The summed E-state index contributed by atoms with van der Waals surface area (Å²) in [4.78, 5) is 12.1. The maximum atomic E-state index is 12.1. The minimum atomic E-state index is -0.291. The van der Waals surface area contributed by atoms with Crippen LogP contribution < -0.4 is 14.9 Å². The van der Waals surface area contributed by atoms with E-state index in [1.165, 1.54) is 0 Å². The zero-order valence-electron chi connectivity index (χ0n) is 13.1. The number of aryl methyl sites for hydroxylation is 1. The first-order valence-electron chi connectivity index (χ1n) is 6.86. The molecule has 0 bridgehead atoms. The molecule has 0 atom stereocenters. The molecule has 0 aliphatic heterocycles. The van der Waals surface area contributed by atoms with Gasteiger partial charge in [0.15, 0.2) is 0 Å². The van der Waals surface area contributed by atoms with Crippen molar-refractivity contribution in [1.82, 2.24) is 5.43 Å². The van der Waals surface area contributed by atoms with Crippen LogP contribution in [0.5, 0.6) is 11.5 Å². The summed E-state index contributed by atoms with van der Waals surface area (Å²) in [5.74, 6) is 1.19. The van der Waals surface area contributed by atoms with E-state index in [0.717, 1.165) is 20.4 Å². The van der Waals surface area contributed by atoms with E-state index in [2.05, 4.69) is 33.1 Å². The molecule has 0 heterocycles. The lowest BCUT2D eigenvalue weighted by Crippen LogP contribution is -2.17. The van der Waals surface area contributed by atoms with Crippen molar-refractivity contribution >= 4 is 34.7 Å². The van der Waals surface area contributed by atoms with Crippen LogP contribution in [0.3, 0.4) is 0 Å². The van der Waals surface area contributed by atoms with Gasteiger partial charge in [-0.1, -0.05) is 0 Å². The molecule has 23 heavy (non-hydrogen) atoms. The van der Waals surface area contributed by atoms with Crippen molar-refractivity contribution < 1.29 is 14.3 Å². The molecule has 0 spiro atoms. The molecule has 0 saturated carbocycles. The van der Waals surface area contributed by atoms with Crippen LogP contribution in [0.15, 0.2) is 41.5 Å². The highest BCUT2D eigenvalue weighted by Crippen LogP contribution is 2.21. The summed E-state index contributed by atoms with van der Waals surface area (Å²) in [5.41, 5.74) is 4.88. The highest BCUT2D eigenvalue weighted by Gasteiger charge is 2.08. The second kappa shape index (κ2) is 7.96. The lowest BCUT2D eigenvalue weighted by molar-refractivity contribution is 0.0954. The maximum absolute atomic E-state index is 12.1. The predicted molar refractivity (Wildman–Crippen MR) is 98.5 cm³/mol. The molecule has 0 aliphatic carbocycles. The van der Waals surface area contributed by atoms with Crippen molar-refractivity contribution in [2.45, 2.75) is 6.92 Å². The van der Waals surface area contributed by atoms with Gasteiger partial charge in [0.25, 0.3) is 5.91 Å². The fraction of sp³-hybridized carbons (Fsp3) is 0.176. The Morgan fingerprint density at radius 1 is 1.13 bits per heavy atom. The Balaban J connectivity index is 2.05. The van der Waals surface area contributed by atoms with E-state index in [0.29, 0.717) is 11.3 Å². The Hall–Kier alpha value is -2.09. The monoisotopic (exact) mass is 424 g/mol. The number of ether oxygens (including phenoxy) is 2. The van der Waals surface area contributed by atoms with E-state index in [1.807, 2.05) is 31.2 Å². The minimum Gasteiger partial charge on any atom is -0.496 e. The lowest BCUT2D eigenvalue weighted by Gasteiger charge is -2.06. The standard InChI is InChI=1S/C17H17IN2O3/c1-11-8-12(4-7-15(11)22-2)10-19-20-17(21)13-5-6-14(18)16(9-13)23-3/h4-10H,1-3H3,(H,20,21)/b19-10-. The molecular weight excluding hydrogens is 407 g/mol. The van der Waals surface area contributed by atoms with E-state index >= 15 is 0 Å². The van der Waals surface area contributed by atoms with Crippen LogP contribution in [0, 0.1) is 10.5 Å². The molecule has 0 radical (unpaired) electrons. The number of amides is 1. The molecule has 2 aromatic carbocycles. The second-order valence-corrected chi connectivity index (χ2v) is 5.94. The first kappa shape index (κ1) is 17.3. The van der Waals surface area contributed by atoms with Crippen LogP contribution in [0.25, 0.3) is 0 Å². The molecule has 1 N–H and O–H groups in total. The number of nitrogens with one attached hydrogen (secondary N) is 1. The number of hydrogen-bond donors (Lipinski definition) is 1. The average Bonchev–Trinajstić information content (AvgIpc) is 2.55. The van der Waals surface area contributed by atoms with Crippen molar-refractivity contribution in [2.24, 2.45) is 5.10 Å². The first-order chi connectivity index (χ1) is 11.0. The fourth-order valence-electron chi connectivity index (χ4n) is 2.01. The fourth-order valence-corrected chi connectivity index (χ4v) is 2.57. The summed E-state index contributed by atoms with van der Waals surface area (Å²) in [7, 11) is 3.20. The normalized spacial score (nSPS) is 10.6. The van der Waals surface area contributed by atoms with Gasteiger partial charge in [0.05, 0.1) is 24.0 Å². The molecule has 0 fully saturated rings. The van der Waals surface area contributed by atoms with E-state index < -0.39 is 0 Å². The third-order valence-electron chi connectivity index (χ3n) is 3.21. The molecule has 5 nitrogen and oxygen atoms in total. The lowest BCUT2D eigenvalue weighted by atomic mass is 10.1. The third-order valence-corrected chi connectivity index (χ3v) is 4.10. The van der Waals surface area contributed by atoms with Crippen LogP contribution in [0.4, 0.5) is 0 Å². The van der Waals surface area contributed by atoms with Crippen molar-refractivity contribution in [3.05, 3.63) is 56.7 Å². The van der Waals surface area contributed by atoms with Gasteiger partial charge in [-0.3, -0.25) is 4.79 Å². The van der Waals surface area contributed by atoms with Crippen molar-refractivity contribution in [3.63, 3.8) is 0 Å². The summed E-state index contributed by atoms with van der Waals surface area (Å²) >= 11 is 2.15. The van der Waals surface area contributed by atoms with Crippen LogP contribution in [-0.4, -0.2) is 26.3 Å². The Bertz CT molecular complexity index is 745. The smallest absolute Gasteiger partial charge is 0.271 e. The number of rotatable bonds is 5. The van der Waals surface area contributed by atoms with Gasteiger partial charge in [0.1, 0.15) is 11.5 Å². The van der Waals surface area contributed by atoms with Crippen LogP contribution >= 0.6 is 22.6 Å². The number of carbonyl (C=O) groups excluding carboxylic acids is 1. The molecule has 0 unspecified atom stereocenters. The summed E-state index contributed by atoms with van der Waals surface area (Å²) in [6.07, 6.45) is 1.59. The molecule has 120 valence electrons. The number of methoxy groups -OCH3 is 2. The SMILES string of the molecule is COc1ccc(/C=N\NC(=O)c2ccc(I)c(OC)c2)cc1C. The zero-order chi connectivity index (χ0) is 16.8. The van der Waals surface area contributed by atoms with Gasteiger partial charge in [0, 0.05) is 5.56 Å². The van der Waals surface area contributed by atoms with Crippen molar-refractivity contribution in [3.8, 4) is 11.5 Å².